The van der Waals surface area contributed by atoms with Crippen LogP contribution in [-0.2, 0) is 11.3 Å². The average molecular weight is 307 g/mol. The van der Waals surface area contributed by atoms with Gasteiger partial charge in [-0.2, -0.15) is 0 Å². The fourth-order valence-corrected chi connectivity index (χ4v) is 1.91. The van der Waals surface area contributed by atoms with Crippen LogP contribution >= 0.6 is 11.6 Å². The maximum atomic E-state index is 11.7. The van der Waals surface area contributed by atoms with E-state index in [1.807, 2.05) is 18.2 Å². The maximum absolute atomic E-state index is 11.7. The second-order valence-electron chi connectivity index (χ2n) is 4.35. The number of carbonyl (C=O) groups is 2. The van der Waals surface area contributed by atoms with Gasteiger partial charge in [0.25, 0.3) is 5.91 Å². The Labute approximate surface area is 127 Å². The van der Waals surface area contributed by atoms with Gasteiger partial charge in [-0.25, -0.2) is 0 Å². The summed E-state index contributed by atoms with van der Waals surface area (Å²) >= 11 is 5.99. The third-order valence-electron chi connectivity index (χ3n) is 2.82. The molecule has 0 bridgehead atoms. The standard InChI is InChI=1S/C15H15ClN2O3/c16-12-5-2-1-4-11(12)10-18-14(19)7-8-17-15(20)13-6-3-9-21-13/h1-6,9H,7-8,10H2,(H,17,20)(H,18,19). The van der Waals surface area contributed by atoms with Gasteiger partial charge >= 0.3 is 0 Å². The zero-order chi connectivity index (χ0) is 15.1. The van der Waals surface area contributed by atoms with Crippen LogP contribution in [0.3, 0.4) is 0 Å². The predicted octanol–water partition coefficient (Wildman–Crippen LogP) is 2.37. The van der Waals surface area contributed by atoms with Crippen molar-refractivity contribution in [3.05, 3.63) is 59.0 Å². The van der Waals surface area contributed by atoms with Crippen LogP contribution in [0.4, 0.5) is 0 Å². The molecule has 0 radical (unpaired) electrons. The third-order valence-corrected chi connectivity index (χ3v) is 3.19. The molecule has 0 unspecified atom stereocenters. The van der Waals surface area contributed by atoms with Gasteiger partial charge in [-0.3, -0.25) is 9.59 Å². The van der Waals surface area contributed by atoms with E-state index in [0.717, 1.165) is 5.56 Å². The Morgan fingerprint density at radius 3 is 2.62 bits per heavy atom. The van der Waals surface area contributed by atoms with Crippen LogP contribution in [-0.4, -0.2) is 18.4 Å². The molecule has 21 heavy (non-hydrogen) atoms. The van der Waals surface area contributed by atoms with Gasteiger partial charge in [0.1, 0.15) is 0 Å². The van der Waals surface area contributed by atoms with E-state index in [1.54, 1.807) is 18.2 Å². The summed E-state index contributed by atoms with van der Waals surface area (Å²) in [6, 6.07) is 10.5. The van der Waals surface area contributed by atoms with E-state index in [1.165, 1.54) is 6.26 Å². The molecule has 0 aliphatic carbocycles. The lowest BCUT2D eigenvalue weighted by atomic mass is 10.2. The summed E-state index contributed by atoms with van der Waals surface area (Å²) in [6.07, 6.45) is 1.61. The Morgan fingerprint density at radius 1 is 1.10 bits per heavy atom. The highest BCUT2D eigenvalue weighted by Crippen LogP contribution is 2.14. The van der Waals surface area contributed by atoms with E-state index in [9.17, 15) is 9.59 Å². The first kappa shape index (κ1) is 15.1. The van der Waals surface area contributed by atoms with Gasteiger partial charge in [0.05, 0.1) is 6.26 Å². The Hall–Kier alpha value is -2.27. The SMILES string of the molecule is O=C(CCNC(=O)c1ccco1)NCc1ccccc1Cl. The molecule has 2 aromatic rings. The molecule has 2 rings (SSSR count). The van der Waals surface area contributed by atoms with Crippen molar-refractivity contribution < 1.29 is 14.0 Å². The highest BCUT2D eigenvalue weighted by atomic mass is 35.5. The summed E-state index contributed by atoms with van der Waals surface area (Å²) in [6.45, 7) is 0.610. The van der Waals surface area contributed by atoms with Crippen molar-refractivity contribution in [3.8, 4) is 0 Å². The first-order valence-electron chi connectivity index (χ1n) is 6.48. The van der Waals surface area contributed by atoms with E-state index >= 15 is 0 Å². The lowest BCUT2D eigenvalue weighted by molar-refractivity contribution is -0.121. The molecule has 5 nitrogen and oxygen atoms in total. The Bertz CT molecular complexity index is 611. The van der Waals surface area contributed by atoms with Gasteiger partial charge in [-0.15, -0.1) is 0 Å². The fourth-order valence-electron chi connectivity index (χ4n) is 1.71. The van der Waals surface area contributed by atoms with Crippen molar-refractivity contribution in [1.82, 2.24) is 10.6 Å². The zero-order valence-corrected chi connectivity index (χ0v) is 12.0. The maximum Gasteiger partial charge on any atom is 0.286 e. The van der Waals surface area contributed by atoms with E-state index in [-0.39, 0.29) is 30.5 Å². The number of carbonyl (C=O) groups excluding carboxylic acids is 2. The predicted molar refractivity (Wildman–Crippen MR) is 79.0 cm³/mol. The highest BCUT2D eigenvalue weighted by Gasteiger charge is 2.09. The van der Waals surface area contributed by atoms with E-state index in [0.29, 0.717) is 11.6 Å². The second-order valence-corrected chi connectivity index (χ2v) is 4.76. The number of nitrogens with one attached hydrogen (secondary N) is 2. The van der Waals surface area contributed by atoms with Crippen LogP contribution in [0.25, 0.3) is 0 Å². The monoisotopic (exact) mass is 306 g/mol. The van der Waals surface area contributed by atoms with Crippen molar-refractivity contribution in [2.45, 2.75) is 13.0 Å². The molecule has 1 heterocycles. The van der Waals surface area contributed by atoms with Gasteiger partial charge in [0.15, 0.2) is 5.76 Å². The van der Waals surface area contributed by atoms with E-state index in [4.69, 9.17) is 16.0 Å². The first-order chi connectivity index (χ1) is 10.2. The molecule has 0 fully saturated rings. The normalized spacial score (nSPS) is 10.1. The van der Waals surface area contributed by atoms with Crippen LogP contribution in [0, 0.1) is 0 Å². The Balaban J connectivity index is 1.68. The van der Waals surface area contributed by atoms with Crippen LogP contribution < -0.4 is 10.6 Å². The van der Waals surface area contributed by atoms with Crippen molar-refractivity contribution in [2.24, 2.45) is 0 Å². The van der Waals surface area contributed by atoms with Crippen molar-refractivity contribution in [2.75, 3.05) is 6.54 Å². The Kier molecular flexibility index (Phi) is 5.40. The molecule has 0 atom stereocenters. The smallest absolute Gasteiger partial charge is 0.286 e. The van der Waals surface area contributed by atoms with Crippen LogP contribution in [0.2, 0.25) is 5.02 Å². The van der Waals surface area contributed by atoms with Crippen LogP contribution in [0.15, 0.2) is 47.1 Å². The molecule has 1 aromatic carbocycles. The quantitative estimate of drug-likeness (QED) is 0.860. The van der Waals surface area contributed by atoms with Crippen molar-refractivity contribution in [3.63, 3.8) is 0 Å². The molecule has 0 saturated heterocycles. The summed E-state index contributed by atoms with van der Waals surface area (Å²) in [5.41, 5.74) is 0.854. The number of hydrogen-bond acceptors (Lipinski definition) is 3. The lowest BCUT2D eigenvalue weighted by Crippen LogP contribution is -2.30. The second kappa shape index (κ2) is 7.50. The summed E-state index contributed by atoms with van der Waals surface area (Å²) < 4.78 is 4.94. The number of hydrogen-bond donors (Lipinski definition) is 2. The highest BCUT2D eigenvalue weighted by molar-refractivity contribution is 6.31. The topological polar surface area (TPSA) is 71.3 Å². The van der Waals surface area contributed by atoms with Gasteiger partial charge in [0.2, 0.25) is 5.91 Å². The summed E-state index contributed by atoms with van der Waals surface area (Å²) in [5, 5.41) is 5.97. The first-order valence-corrected chi connectivity index (χ1v) is 6.86. The van der Waals surface area contributed by atoms with Gasteiger partial charge < -0.3 is 15.1 Å². The largest absolute Gasteiger partial charge is 0.459 e. The molecule has 2 N–H and O–H groups in total. The number of amides is 2. The summed E-state index contributed by atoms with van der Waals surface area (Å²) in [5.74, 6) is -0.264. The molecular formula is C15H15ClN2O3. The molecule has 0 spiro atoms. The average Bonchev–Trinajstić information content (AvgIpc) is 3.00. The van der Waals surface area contributed by atoms with Crippen LogP contribution in [0.1, 0.15) is 22.5 Å². The summed E-state index contributed by atoms with van der Waals surface area (Å²) in [4.78, 5) is 23.2. The van der Waals surface area contributed by atoms with Gasteiger partial charge in [-0.1, -0.05) is 29.8 Å². The molecule has 2 amide bonds. The van der Waals surface area contributed by atoms with Crippen molar-refractivity contribution >= 4 is 23.4 Å². The fraction of sp³-hybridized carbons (Fsp3) is 0.200. The molecule has 6 heteroatoms. The molecule has 0 aliphatic heterocycles. The van der Waals surface area contributed by atoms with Crippen molar-refractivity contribution in [1.29, 1.82) is 0 Å². The summed E-state index contributed by atoms with van der Waals surface area (Å²) in [7, 11) is 0. The Morgan fingerprint density at radius 2 is 1.90 bits per heavy atom. The van der Waals surface area contributed by atoms with E-state index < -0.39 is 0 Å². The van der Waals surface area contributed by atoms with Crippen LogP contribution in [0.5, 0.6) is 0 Å². The van der Waals surface area contributed by atoms with Gasteiger partial charge in [-0.05, 0) is 23.8 Å². The van der Waals surface area contributed by atoms with E-state index in [2.05, 4.69) is 10.6 Å². The molecule has 1 aromatic heterocycles. The molecule has 0 saturated carbocycles. The number of benzene rings is 1. The molecular weight excluding hydrogens is 292 g/mol. The minimum Gasteiger partial charge on any atom is -0.459 e. The van der Waals surface area contributed by atoms with Gasteiger partial charge in [0, 0.05) is 24.5 Å². The lowest BCUT2D eigenvalue weighted by Gasteiger charge is -2.07. The molecule has 110 valence electrons. The molecule has 0 aliphatic rings. The third kappa shape index (κ3) is 4.65. The minimum atomic E-state index is -0.334. The zero-order valence-electron chi connectivity index (χ0n) is 11.3. The number of halogens is 1. The minimum absolute atomic E-state index is 0.158. The number of furan rings is 1. The number of rotatable bonds is 6.